The van der Waals surface area contributed by atoms with E-state index >= 15 is 0 Å². The summed E-state index contributed by atoms with van der Waals surface area (Å²) in [5.41, 5.74) is 3.69. The molecule has 3 heterocycles. The SMILES string of the molecule is O=S(=O)(c1ccc(Nc2ncc(C=Cc3ccc(-c4ncc[nH]4)cc3)cn2)cc1)C1CCNCC1. The van der Waals surface area contributed by atoms with E-state index in [1.165, 1.54) is 0 Å². The predicted octanol–water partition coefficient (Wildman–Crippen LogP) is 4.31. The highest BCUT2D eigenvalue weighted by molar-refractivity contribution is 7.92. The van der Waals surface area contributed by atoms with Gasteiger partial charge >= 0.3 is 0 Å². The minimum atomic E-state index is -3.31. The second kappa shape index (κ2) is 10.2. The molecule has 5 rings (SSSR count). The van der Waals surface area contributed by atoms with Crippen molar-refractivity contribution >= 4 is 33.6 Å². The van der Waals surface area contributed by atoms with Crippen LogP contribution in [0.2, 0.25) is 0 Å². The topological polar surface area (TPSA) is 113 Å². The molecule has 0 spiro atoms. The summed E-state index contributed by atoms with van der Waals surface area (Å²) in [5, 5.41) is 6.01. The molecule has 0 amide bonds. The lowest BCUT2D eigenvalue weighted by Crippen LogP contribution is -2.35. The summed E-state index contributed by atoms with van der Waals surface area (Å²) < 4.78 is 25.7. The molecule has 35 heavy (non-hydrogen) atoms. The molecule has 9 heteroatoms. The van der Waals surface area contributed by atoms with E-state index in [-0.39, 0.29) is 5.25 Å². The van der Waals surface area contributed by atoms with Crippen LogP contribution in [-0.2, 0) is 9.84 Å². The standard InChI is InChI=1S/C26H26N6O2S/c33-35(34,24-11-13-27-14-12-24)23-9-7-22(8-10-23)32-26-30-17-20(18-31-26)2-1-19-3-5-21(6-4-19)25-28-15-16-29-25/h1-10,15-18,24,27H,11-14H2,(H,28,29)(H,30,31,32). The van der Waals surface area contributed by atoms with Gasteiger partial charge < -0.3 is 15.6 Å². The zero-order valence-corrected chi connectivity index (χ0v) is 19.9. The third-order valence-corrected chi connectivity index (χ3v) is 8.26. The smallest absolute Gasteiger partial charge is 0.227 e. The van der Waals surface area contributed by atoms with Gasteiger partial charge in [-0.1, -0.05) is 36.4 Å². The van der Waals surface area contributed by atoms with Crippen molar-refractivity contribution in [2.24, 2.45) is 0 Å². The predicted molar refractivity (Wildman–Crippen MR) is 138 cm³/mol. The highest BCUT2D eigenvalue weighted by Gasteiger charge is 2.28. The van der Waals surface area contributed by atoms with Crippen LogP contribution in [-0.4, -0.2) is 46.7 Å². The number of aromatic nitrogens is 4. The molecule has 0 aliphatic carbocycles. The number of rotatable bonds is 7. The maximum absolute atomic E-state index is 12.8. The summed E-state index contributed by atoms with van der Waals surface area (Å²) >= 11 is 0. The van der Waals surface area contributed by atoms with Gasteiger partial charge in [-0.15, -0.1) is 0 Å². The van der Waals surface area contributed by atoms with E-state index in [2.05, 4.69) is 30.6 Å². The molecule has 1 fully saturated rings. The first-order valence-corrected chi connectivity index (χ1v) is 13.0. The molecule has 178 valence electrons. The lowest BCUT2D eigenvalue weighted by Gasteiger charge is -2.22. The first-order valence-electron chi connectivity index (χ1n) is 11.5. The number of hydrogen-bond acceptors (Lipinski definition) is 7. The van der Waals surface area contributed by atoms with Crippen LogP contribution >= 0.6 is 0 Å². The molecule has 2 aromatic heterocycles. The Balaban J connectivity index is 1.20. The molecule has 4 aromatic rings. The summed E-state index contributed by atoms with van der Waals surface area (Å²) in [6.07, 6.45) is 12.2. The minimum Gasteiger partial charge on any atom is -0.345 e. The van der Waals surface area contributed by atoms with Crippen molar-refractivity contribution in [1.82, 2.24) is 25.3 Å². The van der Waals surface area contributed by atoms with Crippen molar-refractivity contribution in [3.63, 3.8) is 0 Å². The Morgan fingerprint density at radius 3 is 2.20 bits per heavy atom. The molecular formula is C26H26N6O2S. The maximum Gasteiger partial charge on any atom is 0.227 e. The van der Waals surface area contributed by atoms with Crippen LogP contribution in [0.5, 0.6) is 0 Å². The number of nitrogens with zero attached hydrogens (tertiary/aromatic N) is 3. The van der Waals surface area contributed by atoms with Gasteiger partial charge in [-0.25, -0.2) is 23.4 Å². The van der Waals surface area contributed by atoms with Gasteiger partial charge in [-0.3, -0.25) is 0 Å². The number of sulfone groups is 1. The number of H-pyrrole nitrogens is 1. The molecule has 0 radical (unpaired) electrons. The summed E-state index contributed by atoms with van der Waals surface area (Å²) in [5.74, 6) is 1.29. The Bertz CT molecular complexity index is 1380. The highest BCUT2D eigenvalue weighted by atomic mass is 32.2. The summed E-state index contributed by atoms with van der Waals surface area (Å²) in [7, 11) is -3.31. The normalized spacial score (nSPS) is 14.9. The number of anilines is 2. The average Bonchev–Trinajstić information content (AvgIpc) is 3.45. The van der Waals surface area contributed by atoms with Crippen LogP contribution in [0.1, 0.15) is 24.0 Å². The van der Waals surface area contributed by atoms with Crippen LogP contribution in [0.25, 0.3) is 23.5 Å². The Labute approximate surface area is 204 Å². The van der Waals surface area contributed by atoms with Gasteiger partial charge in [0.2, 0.25) is 5.95 Å². The maximum atomic E-state index is 12.8. The molecule has 1 aliphatic heterocycles. The van der Waals surface area contributed by atoms with Crippen molar-refractivity contribution in [2.45, 2.75) is 23.0 Å². The highest BCUT2D eigenvalue weighted by Crippen LogP contribution is 2.24. The number of benzene rings is 2. The number of piperidine rings is 1. The van der Waals surface area contributed by atoms with Crippen LogP contribution < -0.4 is 10.6 Å². The van der Waals surface area contributed by atoms with Crippen LogP contribution in [0, 0.1) is 0 Å². The van der Waals surface area contributed by atoms with Gasteiger partial charge in [-0.2, -0.15) is 0 Å². The molecule has 8 nitrogen and oxygen atoms in total. The fourth-order valence-electron chi connectivity index (χ4n) is 4.01. The minimum absolute atomic E-state index is 0.319. The fraction of sp³-hybridized carbons (Fsp3) is 0.192. The summed E-state index contributed by atoms with van der Waals surface area (Å²) in [6.45, 7) is 1.48. The molecule has 0 atom stereocenters. The molecular weight excluding hydrogens is 460 g/mol. The number of nitrogens with one attached hydrogen (secondary N) is 3. The second-order valence-electron chi connectivity index (χ2n) is 8.38. The van der Waals surface area contributed by atoms with Crippen LogP contribution in [0.4, 0.5) is 11.6 Å². The van der Waals surface area contributed by atoms with Gasteiger partial charge in [0, 0.05) is 41.6 Å². The van der Waals surface area contributed by atoms with E-state index in [4.69, 9.17) is 0 Å². The summed E-state index contributed by atoms with van der Waals surface area (Å²) in [6, 6.07) is 14.9. The van der Waals surface area contributed by atoms with Gasteiger partial charge in [0.1, 0.15) is 5.82 Å². The first-order chi connectivity index (χ1) is 17.1. The van der Waals surface area contributed by atoms with Crippen LogP contribution in [0.3, 0.4) is 0 Å². The number of hydrogen-bond donors (Lipinski definition) is 3. The van der Waals surface area contributed by atoms with Crippen molar-refractivity contribution in [3.05, 3.63) is 84.4 Å². The molecule has 1 aliphatic rings. The van der Waals surface area contributed by atoms with E-state index in [1.807, 2.05) is 36.4 Å². The zero-order chi connectivity index (χ0) is 24.1. The van der Waals surface area contributed by atoms with Crippen molar-refractivity contribution < 1.29 is 8.42 Å². The lowest BCUT2D eigenvalue weighted by molar-refractivity contribution is 0.496. The van der Waals surface area contributed by atoms with E-state index in [1.54, 1.807) is 49.1 Å². The van der Waals surface area contributed by atoms with Crippen molar-refractivity contribution in [3.8, 4) is 11.4 Å². The first kappa shape index (κ1) is 22.9. The average molecular weight is 487 g/mol. The second-order valence-corrected chi connectivity index (χ2v) is 10.6. The molecule has 3 N–H and O–H groups in total. The third-order valence-electron chi connectivity index (χ3n) is 5.99. The Morgan fingerprint density at radius 2 is 1.54 bits per heavy atom. The van der Waals surface area contributed by atoms with Crippen LogP contribution in [0.15, 0.2) is 78.2 Å². The molecule has 0 unspecified atom stereocenters. The van der Waals surface area contributed by atoms with Crippen molar-refractivity contribution in [1.29, 1.82) is 0 Å². The molecule has 2 aromatic carbocycles. The summed E-state index contributed by atoms with van der Waals surface area (Å²) in [4.78, 5) is 16.4. The third kappa shape index (κ3) is 5.47. The van der Waals surface area contributed by atoms with E-state index in [9.17, 15) is 8.42 Å². The number of imidazole rings is 1. The largest absolute Gasteiger partial charge is 0.345 e. The quantitative estimate of drug-likeness (QED) is 0.357. The van der Waals surface area contributed by atoms with Gasteiger partial charge in [0.25, 0.3) is 0 Å². The zero-order valence-electron chi connectivity index (χ0n) is 19.1. The van der Waals surface area contributed by atoms with Gasteiger partial charge in [0.05, 0.1) is 10.1 Å². The molecule has 1 saturated heterocycles. The molecule has 0 saturated carbocycles. The van der Waals surface area contributed by atoms with Gasteiger partial charge in [-0.05, 0) is 55.8 Å². The van der Waals surface area contributed by atoms with Gasteiger partial charge in [0.15, 0.2) is 9.84 Å². The van der Waals surface area contributed by atoms with E-state index in [0.29, 0.717) is 23.7 Å². The Morgan fingerprint density at radius 1 is 0.857 bits per heavy atom. The molecule has 0 bridgehead atoms. The fourth-order valence-corrected chi connectivity index (χ4v) is 5.77. The van der Waals surface area contributed by atoms with Crippen molar-refractivity contribution in [2.75, 3.05) is 18.4 Å². The Hall–Kier alpha value is -3.82. The number of aromatic amines is 1. The lowest BCUT2D eigenvalue weighted by atomic mass is 10.1. The van der Waals surface area contributed by atoms with E-state index in [0.717, 1.165) is 41.3 Å². The Kier molecular flexibility index (Phi) is 6.69. The van der Waals surface area contributed by atoms with E-state index < -0.39 is 9.84 Å². The monoisotopic (exact) mass is 486 g/mol.